The first kappa shape index (κ1) is 17.3. The van der Waals surface area contributed by atoms with Crippen LogP contribution in [0.2, 0.25) is 0 Å². The lowest BCUT2D eigenvalue weighted by molar-refractivity contribution is 1.14. The molecule has 0 saturated carbocycles. The molecule has 0 saturated heterocycles. The van der Waals surface area contributed by atoms with E-state index < -0.39 is 0 Å². The van der Waals surface area contributed by atoms with E-state index in [9.17, 15) is 0 Å². The van der Waals surface area contributed by atoms with Crippen LogP contribution in [0.3, 0.4) is 0 Å². The van der Waals surface area contributed by atoms with Crippen molar-refractivity contribution in [2.75, 3.05) is 0 Å². The third-order valence-electron chi connectivity index (χ3n) is 5.08. The van der Waals surface area contributed by atoms with E-state index in [4.69, 9.17) is 0 Å². The van der Waals surface area contributed by atoms with Crippen LogP contribution in [-0.4, -0.2) is 0 Å². The van der Waals surface area contributed by atoms with Gasteiger partial charge in [0.25, 0.3) is 0 Å². The molecule has 4 rings (SSSR count). The number of hydrogen-bond acceptors (Lipinski definition) is 0. The molecule has 0 bridgehead atoms. The van der Waals surface area contributed by atoms with Gasteiger partial charge in [-0.25, -0.2) is 0 Å². The summed E-state index contributed by atoms with van der Waals surface area (Å²) in [6.45, 7) is 4.34. The Bertz CT molecular complexity index is 1070. The first-order chi connectivity index (χ1) is 13.2. The summed E-state index contributed by atoms with van der Waals surface area (Å²) in [7, 11) is 0. The molecular formula is C27H24. The summed E-state index contributed by atoms with van der Waals surface area (Å²) in [5.74, 6) is 0. The highest BCUT2D eigenvalue weighted by atomic mass is 14.1. The van der Waals surface area contributed by atoms with Gasteiger partial charge in [0.15, 0.2) is 0 Å². The summed E-state index contributed by atoms with van der Waals surface area (Å²) in [6, 6.07) is 35.2. The minimum atomic E-state index is 1.06. The molecule has 0 amide bonds. The van der Waals surface area contributed by atoms with Crippen LogP contribution in [0.25, 0.3) is 33.4 Å². The summed E-state index contributed by atoms with van der Waals surface area (Å²) in [6.07, 6.45) is 1.06. The van der Waals surface area contributed by atoms with Crippen molar-refractivity contribution in [1.29, 1.82) is 0 Å². The second-order valence-electron chi connectivity index (χ2n) is 7.09. The van der Waals surface area contributed by atoms with Gasteiger partial charge in [-0.05, 0) is 64.4 Å². The molecule has 0 heterocycles. The van der Waals surface area contributed by atoms with E-state index in [1.807, 2.05) is 0 Å². The normalized spacial score (nSPS) is 10.7. The molecule has 0 aromatic heterocycles. The maximum absolute atomic E-state index is 2.30. The Hall–Kier alpha value is -3.12. The molecule has 0 N–H and O–H groups in total. The molecule has 0 aliphatic carbocycles. The van der Waals surface area contributed by atoms with Crippen molar-refractivity contribution in [2.24, 2.45) is 0 Å². The van der Waals surface area contributed by atoms with Gasteiger partial charge in [-0.15, -0.1) is 0 Å². The zero-order valence-electron chi connectivity index (χ0n) is 15.9. The molecule has 4 aromatic carbocycles. The fraction of sp³-hybridized carbons (Fsp3) is 0.111. The Balaban J connectivity index is 1.73. The Morgan fingerprint density at radius 1 is 0.481 bits per heavy atom. The first-order valence-corrected chi connectivity index (χ1v) is 9.60. The molecule has 132 valence electrons. The summed E-state index contributed by atoms with van der Waals surface area (Å²) in [5.41, 5.74) is 10.2. The van der Waals surface area contributed by atoms with Crippen LogP contribution in [0.15, 0.2) is 97.1 Å². The molecule has 0 spiro atoms. The third-order valence-corrected chi connectivity index (χ3v) is 5.08. The second-order valence-corrected chi connectivity index (χ2v) is 7.09. The van der Waals surface area contributed by atoms with E-state index in [2.05, 4.69) is 111 Å². The van der Waals surface area contributed by atoms with E-state index in [-0.39, 0.29) is 0 Å². The fourth-order valence-electron chi connectivity index (χ4n) is 3.55. The smallest absolute Gasteiger partial charge is 0.0178 e. The van der Waals surface area contributed by atoms with E-state index in [0.717, 1.165) is 6.42 Å². The predicted octanol–water partition coefficient (Wildman–Crippen LogP) is 7.56. The standard InChI is InChI=1S/C27H24/c1-3-21-9-5-11-23(17-21)25-13-7-15-27(19-25)26-14-6-12-24(18-26)22-10-4-8-20(2)16-22/h4-19H,3H2,1-2H3. The Morgan fingerprint density at radius 2 is 0.889 bits per heavy atom. The molecular weight excluding hydrogens is 324 g/mol. The molecule has 4 aromatic rings. The number of rotatable bonds is 4. The molecule has 0 radical (unpaired) electrons. The lowest BCUT2D eigenvalue weighted by atomic mass is 9.95. The van der Waals surface area contributed by atoms with Gasteiger partial charge < -0.3 is 0 Å². The van der Waals surface area contributed by atoms with Crippen molar-refractivity contribution in [3.8, 4) is 33.4 Å². The van der Waals surface area contributed by atoms with Crippen molar-refractivity contribution < 1.29 is 0 Å². The molecule has 0 aliphatic heterocycles. The van der Waals surface area contributed by atoms with Gasteiger partial charge in [0.05, 0.1) is 0 Å². The van der Waals surface area contributed by atoms with Gasteiger partial charge in [-0.1, -0.05) is 97.4 Å². The van der Waals surface area contributed by atoms with Crippen LogP contribution in [0, 0.1) is 6.92 Å². The highest BCUT2D eigenvalue weighted by Gasteiger charge is 2.05. The van der Waals surface area contributed by atoms with Crippen LogP contribution < -0.4 is 0 Å². The quantitative estimate of drug-likeness (QED) is 0.357. The number of benzene rings is 4. The average molecular weight is 348 g/mol. The van der Waals surface area contributed by atoms with Crippen LogP contribution in [0.1, 0.15) is 18.1 Å². The van der Waals surface area contributed by atoms with Crippen molar-refractivity contribution in [3.05, 3.63) is 108 Å². The monoisotopic (exact) mass is 348 g/mol. The lowest BCUT2D eigenvalue weighted by Crippen LogP contribution is -1.85. The van der Waals surface area contributed by atoms with Gasteiger partial charge in [-0.2, -0.15) is 0 Å². The number of aryl methyl sites for hydroxylation is 2. The molecule has 0 aliphatic rings. The van der Waals surface area contributed by atoms with E-state index >= 15 is 0 Å². The largest absolute Gasteiger partial charge is 0.0614 e. The van der Waals surface area contributed by atoms with Crippen LogP contribution in [0.5, 0.6) is 0 Å². The molecule has 0 nitrogen and oxygen atoms in total. The van der Waals surface area contributed by atoms with Gasteiger partial charge in [0.1, 0.15) is 0 Å². The van der Waals surface area contributed by atoms with Crippen molar-refractivity contribution in [2.45, 2.75) is 20.3 Å². The maximum atomic E-state index is 2.30. The molecule has 0 fully saturated rings. The SMILES string of the molecule is CCc1cccc(-c2cccc(-c3cccc(-c4cccc(C)c4)c3)c2)c1. The summed E-state index contributed by atoms with van der Waals surface area (Å²) >= 11 is 0. The molecule has 0 unspecified atom stereocenters. The Kier molecular flexibility index (Phi) is 4.89. The van der Waals surface area contributed by atoms with Gasteiger partial charge >= 0.3 is 0 Å². The van der Waals surface area contributed by atoms with Crippen LogP contribution in [-0.2, 0) is 6.42 Å². The van der Waals surface area contributed by atoms with Crippen LogP contribution in [0.4, 0.5) is 0 Å². The van der Waals surface area contributed by atoms with E-state index in [1.54, 1.807) is 0 Å². The summed E-state index contributed by atoms with van der Waals surface area (Å²) in [5, 5.41) is 0. The Labute approximate surface area is 162 Å². The van der Waals surface area contributed by atoms with Crippen molar-refractivity contribution in [1.82, 2.24) is 0 Å². The summed E-state index contributed by atoms with van der Waals surface area (Å²) in [4.78, 5) is 0. The van der Waals surface area contributed by atoms with E-state index in [0.29, 0.717) is 0 Å². The predicted molar refractivity (Wildman–Crippen MR) is 117 cm³/mol. The van der Waals surface area contributed by atoms with Gasteiger partial charge in [0, 0.05) is 0 Å². The zero-order valence-corrected chi connectivity index (χ0v) is 15.9. The second kappa shape index (κ2) is 7.63. The number of hydrogen-bond donors (Lipinski definition) is 0. The summed E-state index contributed by atoms with van der Waals surface area (Å²) < 4.78 is 0. The topological polar surface area (TPSA) is 0 Å². The van der Waals surface area contributed by atoms with Crippen molar-refractivity contribution in [3.63, 3.8) is 0 Å². The fourth-order valence-corrected chi connectivity index (χ4v) is 3.55. The lowest BCUT2D eigenvalue weighted by Gasteiger charge is -2.09. The van der Waals surface area contributed by atoms with Gasteiger partial charge in [-0.3, -0.25) is 0 Å². The average Bonchev–Trinajstić information content (AvgIpc) is 2.74. The van der Waals surface area contributed by atoms with E-state index in [1.165, 1.54) is 44.5 Å². The highest BCUT2D eigenvalue weighted by molar-refractivity contribution is 5.77. The van der Waals surface area contributed by atoms with Gasteiger partial charge in [0.2, 0.25) is 0 Å². The minimum absolute atomic E-state index is 1.06. The van der Waals surface area contributed by atoms with Crippen LogP contribution >= 0.6 is 0 Å². The zero-order chi connectivity index (χ0) is 18.6. The van der Waals surface area contributed by atoms with Crippen molar-refractivity contribution >= 4 is 0 Å². The third kappa shape index (κ3) is 3.85. The highest BCUT2D eigenvalue weighted by Crippen LogP contribution is 2.30. The molecule has 0 heteroatoms. The maximum Gasteiger partial charge on any atom is -0.0178 e. The Morgan fingerprint density at radius 3 is 1.37 bits per heavy atom. The first-order valence-electron chi connectivity index (χ1n) is 9.60. The minimum Gasteiger partial charge on any atom is -0.0614 e. The molecule has 27 heavy (non-hydrogen) atoms. The molecule has 0 atom stereocenters.